The monoisotopic (exact) mass is 374 g/mol. The highest BCUT2D eigenvalue weighted by molar-refractivity contribution is 5.95. The Morgan fingerprint density at radius 2 is 2.00 bits per heavy atom. The van der Waals surface area contributed by atoms with Crippen molar-refractivity contribution in [2.24, 2.45) is 0 Å². The number of nitrogens with one attached hydrogen (secondary N) is 2. The van der Waals surface area contributed by atoms with Gasteiger partial charge in [-0.25, -0.2) is 4.98 Å². The van der Waals surface area contributed by atoms with Gasteiger partial charge in [0.25, 0.3) is 0 Å². The zero-order valence-electron chi connectivity index (χ0n) is 14.5. The van der Waals surface area contributed by atoms with Crippen LogP contribution in [0.2, 0.25) is 0 Å². The van der Waals surface area contributed by atoms with E-state index in [1.165, 1.54) is 0 Å². The molecule has 1 unspecified atom stereocenters. The Bertz CT molecular complexity index is 747. The predicted molar refractivity (Wildman–Crippen MR) is 104 cm³/mol. The summed E-state index contributed by atoms with van der Waals surface area (Å²) in [6.07, 6.45) is 2.51. The van der Waals surface area contributed by atoms with E-state index in [0.29, 0.717) is 18.8 Å². The first-order valence-corrected chi connectivity index (χ1v) is 8.75. The first-order valence-electron chi connectivity index (χ1n) is 8.75. The maximum Gasteiger partial charge on any atom is 0.233 e. The molecule has 1 atom stereocenters. The van der Waals surface area contributed by atoms with Gasteiger partial charge in [-0.1, -0.05) is 18.2 Å². The van der Waals surface area contributed by atoms with Crippen LogP contribution in [-0.2, 0) is 4.79 Å². The van der Waals surface area contributed by atoms with Crippen molar-refractivity contribution < 1.29 is 9.53 Å². The maximum absolute atomic E-state index is 12.7. The van der Waals surface area contributed by atoms with Crippen LogP contribution in [0.3, 0.4) is 0 Å². The number of pyridine rings is 1. The van der Waals surface area contributed by atoms with Crippen LogP contribution < -0.4 is 20.3 Å². The highest BCUT2D eigenvalue weighted by Gasteiger charge is 2.27. The Balaban J connectivity index is 0.00000196. The molecule has 0 spiro atoms. The van der Waals surface area contributed by atoms with Gasteiger partial charge in [0.15, 0.2) is 0 Å². The van der Waals surface area contributed by atoms with E-state index in [2.05, 4.69) is 20.5 Å². The van der Waals surface area contributed by atoms with Crippen LogP contribution >= 0.6 is 12.4 Å². The van der Waals surface area contributed by atoms with E-state index in [0.717, 1.165) is 43.2 Å². The normalized spacial score (nSPS) is 18.9. The summed E-state index contributed by atoms with van der Waals surface area (Å²) in [6, 6.07) is 11.6. The molecule has 0 saturated carbocycles. The number of fused-ring (bicyclic) bond motifs is 1. The number of amides is 1. The van der Waals surface area contributed by atoms with Gasteiger partial charge in [0.2, 0.25) is 5.91 Å². The average molecular weight is 375 g/mol. The standard InChI is InChI=1S/C19H22N4O2.ClH/c24-19(16-7-12-25-17-4-2-1-3-15(16)17)22-18-6-5-14(13-21-18)23-10-8-20-9-11-23;/h1-6,13,16,20H,7-12H2,(H,21,22,24);1H. The van der Waals surface area contributed by atoms with Crippen LogP contribution in [0.25, 0.3) is 0 Å². The molecule has 1 saturated heterocycles. The van der Waals surface area contributed by atoms with E-state index >= 15 is 0 Å². The van der Waals surface area contributed by atoms with Crippen molar-refractivity contribution in [2.75, 3.05) is 43.0 Å². The molecule has 26 heavy (non-hydrogen) atoms. The van der Waals surface area contributed by atoms with E-state index in [9.17, 15) is 4.79 Å². The molecule has 3 heterocycles. The molecule has 7 heteroatoms. The fourth-order valence-corrected chi connectivity index (χ4v) is 3.40. The number of halogens is 1. The van der Waals surface area contributed by atoms with Gasteiger partial charge in [0, 0.05) is 31.7 Å². The SMILES string of the molecule is Cl.O=C(Nc1ccc(N2CCNCC2)cn1)C1CCOc2ccccc21. The molecule has 4 rings (SSSR count). The summed E-state index contributed by atoms with van der Waals surface area (Å²) in [5.74, 6) is 1.17. The summed E-state index contributed by atoms with van der Waals surface area (Å²) in [5.41, 5.74) is 2.04. The number of anilines is 2. The van der Waals surface area contributed by atoms with Crippen LogP contribution in [0, 0.1) is 0 Å². The summed E-state index contributed by atoms with van der Waals surface area (Å²) < 4.78 is 5.63. The largest absolute Gasteiger partial charge is 0.493 e. The van der Waals surface area contributed by atoms with Gasteiger partial charge < -0.3 is 20.3 Å². The lowest BCUT2D eigenvalue weighted by Crippen LogP contribution is -2.43. The summed E-state index contributed by atoms with van der Waals surface area (Å²) in [4.78, 5) is 19.4. The number of carbonyl (C=O) groups excluding carboxylic acids is 1. The van der Waals surface area contributed by atoms with E-state index in [-0.39, 0.29) is 24.2 Å². The quantitative estimate of drug-likeness (QED) is 0.863. The Morgan fingerprint density at radius 1 is 1.19 bits per heavy atom. The number of ether oxygens (including phenoxy) is 1. The number of benzene rings is 1. The Labute approximate surface area is 159 Å². The van der Waals surface area contributed by atoms with E-state index in [4.69, 9.17) is 4.74 Å². The second kappa shape index (κ2) is 8.38. The first kappa shape index (κ1) is 18.5. The van der Waals surface area contributed by atoms with Crippen molar-refractivity contribution in [3.8, 4) is 5.75 Å². The third-order valence-electron chi connectivity index (χ3n) is 4.76. The third-order valence-corrected chi connectivity index (χ3v) is 4.76. The average Bonchev–Trinajstić information content (AvgIpc) is 2.69. The number of piperazine rings is 1. The molecule has 0 aliphatic carbocycles. The summed E-state index contributed by atoms with van der Waals surface area (Å²) >= 11 is 0. The third kappa shape index (κ3) is 3.92. The number of nitrogens with zero attached hydrogens (tertiary/aromatic N) is 2. The lowest BCUT2D eigenvalue weighted by Gasteiger charge is -2.29. The van der Waals surface area contributed by atoms with Crippen molar-refractivity contribution in [2.45, 2.75) is 12.3 Å². The van der Waals surface area contributed by atoms with Crippen molar-refractivity contribution in [1.82, 2.24) is 10.3 Å². The second-order valence-corrected chi connectivity index (χ2v) is 6.36. The number of hydrogen-bond donors (Lipinski definition) is 2. The molecular weight excluding hydrogens is 352 g/mol. The van der Waals surface area contributed by atoms with Crippen LogP contribution in [0.15, 0.2) is 42.6 Å². The lowest BCUT2D eigenvalue weighted by atomic mass is 9.92. The Hall–Kier alpha value is -2.31. The summed E-state index contributed by atoms with van der Waals surface area (Å²) in [5, 5.41) is 6.28. The molecule has 2 aliphatic heterocycles. The van der Waals surface area contributed by atoms with Crippen LogP contribution in [0.4, 0.5) is 11.5 Å². The van der Waals surface area contributed by atoms with Gasteiger partial charge in [-0.3, -0.25) is 4.79 Å². The molecule has 1 fully saturated rings. The van der Waals surface area contributed by atoms with Crippen LogP contribution in [-0.4, -0.2) is 43.7 Å². The molecule has 1 aromatic carbocycles. The summed E-state index contributed by atoms with van der Waals surface area (Å²) in [7, 11) is 0. The topological polar surface area (TPSA) is 66.5 Å². The number of carbonyl (C=O) groups is 1. The number of hydrogen-bond acceptors (Lipinski definition) is 5. The zero-order chi connectivity index (χ0) is 17.1. The first-order chi connectivity index (χ1) is 12.3. The fraction of sp³-hybridized carbons (Fsp3) is 0.368. The lowest BCUT2D eigenvalue weighted by molar-refractivity contribution is -0.118. The van der Waals surface area contributed by atoms with Crippen molar-refractivity contribution in [3.05, 3.63) is 48.2 Å². The smallest absolute Gasteiger partial charge is 0.233 e. The van der Waals surface area contributed by atoms with Gasteiger partial charge in [-0.15, -0.1) is 12.4 Å². The highest BCUT2D eigenvalue weighted by Crippen LogP contribution is 2.34. The van der Waals surface area contributed by atoms with Gasteiger partial charge in [0.05, 0.1) is 24.4 Å². The minimum atomic E-state index is -0.195. The molecule has 0 bridgehead atoms. The highest BCUT2D eigenvalue weighted by atomic mass is 35.5. The Kier molecular flexibility index (Phi) is 5.96. The molecule has 1 amide bonds. The molecule has 138 valence electrons. The summed E-state index contributed by atoms with van der Waals surface area (Å²) in [6.45, 7) is 4.49. The zero-order valence-corrected chi connectivity index (χ0v) is 15.3. The number of para-hydroxylation sites is 1. The van der Waals surface area contributed by atoms with Crippen LogP contribution in [0.1, 0.15) is 17.9 Å². The molecule has 2 aliphatic rings. The van der Waals surface area contributed by atoms with E-state index in [1.807, 2.05) is 42.6 Å². The number of aromatic nitrogens is 1. The van der Waals surface area contributed by atoms with Gasteiger partial charge in [-0.2, -0.15) is 0 Å². The molecule has 2 aromatic rings. The maximum atomic E-state index is 12.7. The Morgan fingerprint density at radius 3 is 2.77 bits per heavy atom. The van der Waals surface area contributed by atoms with Crippen LogP contribution in [0.5, 0.6) is 5.75 Å². The molecule has 6 nitrogen and oxygen atoms in total. The minimum Gasteiger partial charge on any atom is -0.493 e. The van der Waals surface area contributed by atoms with Crippen molar-refractivity contribution in [1.29, 1.82) is 0 Å². The minimum absolute atomic E-state index is 0. The van der Waals surface area contributed by atoms with E-state index < -0.39 is 0 Å². The van der Waals surface area contributed by atoms with Crippen molar-refractivity contribution >= 4 is 29.8 Å². The molecule has 1 aromatic heterocycles. The molecular formula is C19H23ClN4O2. The fourth-order valence-electron chi connectivity index (χ4n) is 3.40. The van der Waals surface area contributed by atoms with Gasteiger partial charge in [0.1, 0.15) is 11.6 Å². The van der Waals surface area contributed by atoms with Gasteiger partial charge in [-0.05, 0) is 24.6 Å². The number of rotatable bonds is 3. The van der Waals surface area contributed by atoms with E-state index in [1.54, 1.807) is 0 Å². The molecule has 0 radical (unpaired) electrons. The second-order valence-electron chi connectivity index (χ2n) is 6.36. The van der Waals surface area contributed by atoms with Gasteiger partial charge >= 0.3 is 0 Å². The molecule has 2 N–H and O–H groups in total. The van der Waals surface area contributed by atoms with Crippen molar-refractivity contribution in [3.63, 3.8) is 0 Å². The predicted octanol–water partition coefficient (Wildman–Crippen LogP) is 2.42.